The number of rotatable bonds is 3. The van der Waals surface area contributed by atoms with Crippen LogP contribution in [0.1, 0.15) is 17.5 Å². The summed E-state index contributed by atoms with van der Waals surface area (Å²) in [5.74, 6) is -1.56. The number of nitrogens with zero attached hydrogens (tertiary/aromatic N) is 1. The molecule has 0 unspecified atom stereocenters. The first-order chi connectivity index (χ1) is 13.1. The Hall–Kier alpha value is -2.25. The van der Waals surface area contributed by atoms with Gasteiger partial charge >= 0.3 is 6.18 Å². The number of nitrogens with one attached hydrogen (secondary N) is 1. The van der Waals surface area contributed by atoms with E-state index in [-0.39, 0.29) is 29.6 Å². The van der Waals surface area contributed by atoms with Crippen molar-refractivity contribution in [1.82, 2.24) is 0 Å². The van der Waals surface area contributed by atoms with Crippen LogP contribution in [0.25, 0.3) is 0 Å². The molecule has 1 atom stereocenters. The SMILES string of the molecule is Cc1c(Cl)cccc1N1C[C@H](C(=O)Nc2cc(C(F)(F)F)ccc2Cl)CC1=O. The van der Waals surface area contributed by atoms with Gasteiger partial charge in [0.1, 0.15) is 0 Å². The molecule has 0 spiro atoms. The Kier molecular flexibility index (Phi) is 5.59. The van der Waals surface area contributed by atoms with Gasteiger partial charge in [0.25, 0.3) is 0 Å². The molecule has 0 aliphatic carbocycles. The van der Waals surface area contributed by atoms with Crippen molar-refractivity contribution in [2.24, 2.45) is 5.92 Å². The van der Waals surface area contributed by atoms with Crippen molar-refractivity contribution >= 4 is 46.4 Å². The summed E-state index contributed by atoms with van der Waals surface area (Å²) in [7, 11) is 0. The highest BCUT2D eigenvalue weighted by molar-refractivity contribution is 6.33. The molecule has 1 saturated heterocycles. The van der Waals surface area contributed by atoms with Gasteiger partial charge in [-0.15, -0.1) is 0 Å². The Bertz CT molecular complexity index is 947. The number of carbonyl (C=O) groups is 2. The smallest absolute Gasteiger partial charge is 0.324 e. The first-order valence-corrected chi connectivity index (χ1v) is 9.06. The second-order valence-corrected chi connectivity index (χ2v) is 7.29. The first-order valence-electron chi connectivity index (χ1n) is 8.31. The molecule has 3 rings (SSSR count). The Morgan fingerprint density at radius 2 is 1.89 bits per heavy atom. The van der Waals surface area contributed by atoms with Crippen molar-refractivity contribution in [2.75, 3.05) is 16.8 Å². The second kappa shape index (κ2) is 7.64. The van der Waals surface area contributed by atoms with E-state index in [4.69, 9.17) is 23.2 Å². The number of hydrogen-bond donors (Lipinski definition) is 1. The highest BCUT2D eigenvalue weighted by Gasteiger charge is 2.36. The maximum atomic E-state index is 12.9. The van der Waals surface area contributed by atoms with Crippen LogP contribution in [0.4, 0.5) is 24.5 Å². The van der Waals surface area contributed by atoms with Gasteiger partial charge in [-0.3, -0.25) is 9.59 Å². The fourth-order valence-corrected chi connectivity index (χ4v) is 3.37. The minimum absolute atomic E-state index is 0.0202. The van der Waals surface area contributed by atoms with Crippen LogP contribution in [-0.2, 0) is 15.8 Å². The second-order valence-electron chi connectivity index (χ2n) is 6.47. The predicted molar refractivity (Wildman–Crippen MR) is 102 cm³/mol. The summed E-state index contributed by atoms with van der Waals surface area (Å²) in [6.07, 6.45) is -4.62. The molecule has 1 heterocycles. The van der Waals surface area contributed by atoms with Crippen LogP contribution in [0.2, 0.25) is 10.0 Å². The number of alkyl halides is 3. The molecule has 0 radical (unpaired) electrons. The summed E-state index contributed by atoms with van der Waals surface area (Å²) in [6, 6.07) is 7.80. The van der Waals surface area contributed by atoms with E-state index < -0.39 is 23.6 Å². The van der Waals surface area contributed by atoms with Crippen molar-refractivity contribution in [2.45, 2.75) is 19.5 Å². The molecule has 1 aliphatic heterocycles. The van der Waals surface area contributed by atoms with Crippen LogP contribution < -0.4 is 10.2 Å². The van der Waals surface area contributed by atoms with E-state index in [0.717, 1.165) is 18.2 Å². The summed E-state index contributed by atoms with van der Waals surface area (Å²) in [6.45, 7) is 1.86. The molecular formula is C19H15Cl2F3N2O2. The van der Waals surface area contributed by atoms with Crippen molar-refractivity contribution in [3.05, 3.63) is 57.6 Å². The molecule has 0 saturated carbocycles. The third-order valence-corrected chi connectivity index (χ3v) is 5.32. The van der Waals surface area contributed by atoms with E-state index >= 15 is 0 Å². The molecule has 28 heavy (non-hydrogen) atoms. The van der Waals surface area contributed by atoms with Crippen LogP contribution in [0.15, 0.2) is 36.4 Å². The number of hydrogen-bond acceptors (Lipinski definition) is 2. The zero-order valence-electron chi connectivity index (χ0n) is 14.6. The average molecular weight is 431 g/mol. The minimum atomic E-state index is -4.56. The minimum Gasteiger partial charge on any atom is -0.324 e. The third-order valence-electron chi connectivity index (χ3n) is 4.58. The normalized spacial score (nSPS) is 17.1. The van der Waals surface area contributed by atoms with Crippen LogP contribution in [0.5, 0.6) is 0 Å². The zero-order chi connectivity index (χ0) is 20.6. The monoisotopic (exact) mass is 430 g/mol. The van der Waals surface area contributed by atoms with Crippen molar-refractivity contribution < 1.29 is 22.8 Å². The van der Waals surface area contributed by atoms with E-state index in [2.05, 4.69) is 5.32 Å². The fourth-order valence-electron chi connectivity index (χ4n) is 3.04. The van der Waals surface area contributed by atoms with Gasteiger partial charge < -0.3 is 10.2 Å². The molecule has 2 aromatic carbocycles. The Labute approximate surface area is 169 Å². The molecule has 2 amide bonds. The maximum Gasteiger partial charge on any atom is 0.416 e. The molecule has 2 aromatic rings. The molecule has 0 bridgehead atoms. The molecular weight excluding hydrogens is 416 g/mol. The average Bonchev–Trinajstić information content (AvgIpc) is 3.00. The summed E-state index contributed by atoms with van der Waals surface area (Å²) in [4.78, 5) is 26.4. The predicted octanol–water partition coefficient (Wildman–Crippen LogP) is 5.31. The Balaban J connectivity index is 1.78. The number of carbonyl (C=O) groups excluding carboxylic acids is 2. The van der Waals surface area contributed by atoms with Crippen LogP contribution in [0.3, 0.4) is 0 Å². The highest BCUT2D eigenvalue weighted by Crippen LogP contribution is 2.35. The highest BCUT2D eigenvalue weighted by atomic mass is 35.5. The zero-order valence-corrected chi connectivity index (χ0v) is 16.1. The van der Waals surface area contributed by atoms with Gasteiger partial charge in [0, 0.05) is 23.7 Å². The van der Waals surface area contributed by atoms with Crippen molar-refractivity contribution in [3.8, 4) is 0 Å². The van der Waals surface area contributed by atoms with E-state index in [0.29, 0.717) is 16.3 Å². The Morgan fingerprint density at radius 3 is 2.57 bits per heavy atom. The molecule has 0 aromatic heterocycles. The van der Waals surface area contributed by atoms with Crippen LogP contribution in [-0.4, -0.2) is 18.4 Å². The molecule has 1 N–H and O–H groups in total. The van der Waals surface area contributed by atoms with Crippen molar-refractivity contribution in [1.29, 1.82) is 0 Å². The fraction of sp³-hybridized carbons (Fsp3) is 0.263. The number of amides is 2. The van der Waals surface area contributed by atoms with Gasteiger partial charge in [-0.05, 0) is 42.8 Å². The van der Waals surface area contributed by atoms with Gasteiger partial charge in [-0.1, -0.05) is 29.3 Å². The summed E-state index contributed by atoms with van der Waals surface area (Å²) in [5, 5.41) is 2.88. The largest absolute Gasteiger partial charge is 0.416 e. The van der Waals surface area contributed by atoms with Crippen molar-refractivity contribution in [3.63, 3.8) is 0 Å². The molecule has 1 aliphatic rings. The van der Waals surface area contributed by atoms with E-state index in [1.807, 2.05) is 0 Å². The Morgan fingerprint density at radius 1 is 1.18 bits per heavy atom. The summed E-state index contributed by atoms with van der Waals surface area (Å²) >= 11 is 12.0. The lowest BCUT2D eigenvalue weighted by Gasteiger charge is -2.20. The topological polar surface area (TPSA) is 49.4 Å². The van der Waals surface area contributed by atoms with E-state index in [1.54, 1.807) is 25.1 Å². The lowest BCUT2D eigenvalue weighted by Crippen LogP contribution is -2.28. The van der Waals surface area contributed by atoms with Gasteiger partial charge in [-0.2, -0.15) is 13.2 Å². The summed E-state index contributed by atoms with van der Waals surface area (Å²) in [5.41, 5.74) is 0.238. The number of anilines is 2. The van der Waals surface area contributed by atoms with E-state index in [9.17, 15) is 22.8 Å². The molecule has 1 fully saturated rings. The first kappa shape index (κ1) is 20.5. The lowest BCUT2D eigenvalue weighted by atomic mass is 10.1. The molecule has 4 nitrogen and oxygen atoms in total. The van der Waals surface area contributed by atoms with Gasteiger partial charge in [0.15, 0.2) is 0 Å². The number of halogens is 5. The molecule has 148 valence electrons. The van der Waals surface area contributed by atoms with Crippen LogP contribution in [0, 0.1) is 12.8 Å². The van der Waals surface area contributed by atoms with Gasteiger partial charge in [-0.25, -0.2) is 0 Å². The third kappa shape index (κ3) is 4.10. The van der Waals surface area contributed by atoms with Gasteiger partial charge in [0.05, 0.1) is 22.2 Å². The quantitative estimate of drug-likeness (QED) is 0.716. The maximum absolute atomic E-state index is 12.9. The number of benzene rings is 2. The standard InChI is InChI=1S/C19H15Cl2F3N2O2/c1-10-13(20)3-2-4-16(10)26-9-11(7-17(26)27)18(28)25-15-8-12(19(22,23)24)5-6-14(15)21/h2-6,8,11H,7,9H2,1H3,(H,25,28)/t11-/m1/s1. The molecule has 9 heteroatoms. The summed E-state index contributed by atoms with van der Waals surface area (Å²) < 4.78 is 38.6. The van der Waals surface area contributed by atoms with Gasteiger partial charge in [0.2, 0.25) is 11.8 Å². The van der Waals surface area contributed by atoms with E-state index in [1.165, 1.54) is 4.90 Å². The lowest BCUT2D eigenvalue weighted by molar-refractivity contribution is -0.137. The van der Waals surface area contributed by atoms with Crippen LogP contribution >= 0.6 is 23.2 Å².